The molecule has 0 fully saturated rings. The Balaban J connectivity index is 1.74. The van der Waals surface area contributed by atoms with Crippen LogP contribution < -0.4 is 10.1 Å². The number of thioether (sulfide) groups is 1. The van der Waals surface area contributed by atoms with Crippen molar-refractivity contribution in [2.75, 3.05) is 0 Å². The van der Waals surface area contributed by atoms with Gasteiger partial charge in [-0.15, -0.1) is 0 Å². The van der Waals surface area contributed by atoms with Crippen LogP contribution in [0.4, 0.5) is 4.39 Å². The van der Waals surface area contributed by atoms with Crippen LogP contribution in [0.1, 0.15) is 18.1 Å². The molecule has 0 saturated carbocycles. The van der Waals surface area contributed by atoms with Crippen LogP contribution in [0.2, 0.25) is 0 Å². The summed E-state index contributed by atoms with van der Waals surface area (Å²) in [6, 6.07) is 13.3. The van der Waals surface area contributed by atoms with Crippen LogP contribution in [-0.2, 0) is 16.2 Å². The molecule has 1 N–H and O–H groups in total. The molecule has 0 aliphatic carbocycles. The molecule has 0 radical (unpaired) electrons. The van der Waals surface area contributed by atoms with E-state index in [-0.39, 0.29) is 23.5 Å². The standard InChI is InChI=1S/C19H15FN2O3S/c1-12(23)21-19-22-18(24)17(26-19)10-14-4-2-3-5-16(14)25-11-13-6-8-15(20)9-7-13/h2-10H,11H2,1H3,(H,21,22,23,24)/b17-10-. The number of carbonyl (C=O) groups excluding carboxylic acids is 2. The second-order valence-corrected chi connectivity index (χ2v) is 6.50. The van der Waals surface area contributed by atoms with Crippen molar-refractivity contribution >= 4 is 34.8 Å². The van der Waals surface area contributed by atoms with Crippen LogP contribution in [-0.4, -0.2) is 17.0 Å². The number of nitrogens with one attached hydrogen (secondary N) is 1. The first-order valence-corrected chi connectivity index (χ1v) is 8.59. The molecular formula is C19H15FN2O3S. The minimum absolute atomic E-state index is 0.262. The van der Waals surface area contributed by atoms with E-state index in [0.29, 0.717) is 16.2 Å². The third-order valence-electron chi connectivity index (χ3n) is 3.42. The summed E-state index contributed by atoms with van der Waals surface area (Å²) in [6.45, 7) is 1.63. The summed E-state index contributed by atoms with van der Waals surface area (Å²) in [6.07, 6.45) is 1.67. The average Bonchev–Trinajstić information content (AvgIpc) is 2.94. The number of halogens is 1. The van der Waals surface area contributed by atoms with Gasteiger partial charge in [0.2, 0.25) is 5.91 Å². The first-order valence-electron chi connectivity index (χ1n) is 7.78. The lowest BCUT2D eigenvalue weighted by Crippen LogP contribution is -2.23. The maximum Gasteiger partial charge on any atom is 0.286 e. The number of ether oxygens (including phenoxy) is 1. The Hall–Kier alpha value is -2.93. The van der Waals surface area contributed by atoms with Gasteiger partial charge in [0.1, 0.15) is 18.2 Å². The molecule has 0 bridgehead atoms. The molecule has 132 valence electrons. The zero-order chi connectivity index (χ0) is 18.5. The summed E-state index contributed by atoms with van der Waals surface area (Å²) >= 11 is 1.10. The van der Waals surface area contributed by atoms with E-state index >= 15 is 0 Å². The van der Waals surface area contributed by atoms with E-state index in [4.69, 9.17) is 4.74 Å². The summed E-state index contributed by atoms with van der Waals surface area (Å²) < 4.78 is 18.8. The molecule has 26 heavy (non-hydrogen) atoms. The van der Waals surface area contributed by atoms with Gasteiger partial charge < -0.3 is 10.1 Å². The van der Waals surface area contributed by atoms with E-state index in [2.05, 4.69) is 10.3 Å². The Morgan fingerprint density at radius 1 is 1.23 bits per heavy atom. The van der Waals surface area contributed by atoms with E-state index in [9.17, 15) is 14.0 Å². The topological polar surface area (TPSA) is 67.8 Å². The van der Waals surface area contributed by atoms with Gasteiger partial charge in [0, 0.05) is 12.5 Å². The molecule has 2 amide bonds. The lowest BCUT2D eigenvalue weighted by Gasteiger charge is -2.09. The molecule has 1 aliphatic heterocycles. The number of amides is 2. The highest BCUT2D eigenvalue weighted by molar-refractivity contribution is 8.18. The van der Waals surface area contributed by atoms with Crippen molar-refractivity contribution < 1.29 is 18.7 Å². The van der Waals surface area contributed by atoms with Gasteiger partial charge in [-0.1, -0.05) is 30.3 Å². The minimum Gasteiger partial charge on any atom is -0.488 e. The summed E-state index contributed by atoms with van der Waals surface area (Å²) in [7, 11) is 0. The third-order valence-corrected chi connectivity index (χ3v) is 4.32. The van der Waals surface area contributed by atoms with E-state index in [1.54, 1.807) is 24.3 Å². The van der Waals surface area contributed by atoms with E-state index in [1.807, 2.05) is 18.2 Å². The highest BCUT2D eigenvalue weighted by Gasteiger charge is 2.22. The Labute approximate surface area is 154 Å². The lowest BCUT2D eigenvalue weighted by molar-refractivity contribution is -0.117. The number of amidine groups is 1. The Kier molecular flexibility index (Phi) is 5.48. The predicted octanol–water partition coefficient (Wildman–Crippen LogP) is 3.51. The van der Waals surface area contributed by atoms with Crippen LogP contribution in [0, 0.1) is 5.82 Å². The maximum atomic E-state index is 13.0. The summed E-state index contributed by atoms with van der Waals surface area (Å²) in [5.74, 6) is -0.406. The van der Waals surface area contributed by atoms with Gasteiger partial charge >= 0.3 is 0 Å². The lowest BCUT2D eigenvalue weighted by atomic mass is 10.2. The van der Waals surface area contributed by atoms with E-state index in [0.717, 1.165) is 17.3 Å². The smallest absolute Gasteiger partial charge is 0.286 e. The number of rotatable bonds is 4. The van der Waals surface area contributed by atoms with Gasteiger partial charge in [0.25, 0.3) is 5.91 Å². The van der Waals surface area contributed by atoms with Crippen LogP contribution in [0.5, 0.6) is 5.75 Å². The van der Waals surface area contributed by atoms with Crippen LogP contribution in [0.15, 0.2) is 58.4 Å². The van der Waals surface area contributed by atoms with Crippen molar-refractivity contribution in [3.05, 3.63) is 70.4 Å². The molecule has 2 aromatic carbocycles. The fourth-order valence-electron chi connectivity index (χ4n) is 2.23. The number of para-hydroxylation sites is 1. The number of carbonyl (C=O) groups is 2. The SMILES string of the molecule is CC(=O)NC1=NC(=O)/C(=C/c2ccccc2OCc2ccc(F)cc2)S1. The first-order chi connectivity index (χ1) is 12.5. The van der Waals surface area contributed by atoms with Crippen LogP contribution in [0.3, 0.4) is 0 Å². The second-order valence-electron chi connectivity index (χ2n) is 5.47. The Morgan fingerprint density at radius 2 is 1.96 bits per heavy atom. The van der Waals surface area contributed by atoms with Crippen LogP contribution in [0.25, 0.3) is 6.08 Å². The molecular weight excluding hydrogens is 355 g/mol. The van der Waals surface area contributed by atoms with Gasteiger partial charge in [-0.25, -0.2) is 4.39 Å². The zero-order valence-corrected chi connectivity index (χ0v) is 14.7. The monoisotopic (exact) mass is 370 g/mol. The van der Waals surface area contributed by atoms with Crippen molar-refractivity contribution in [1.29, 1.82) is 0 Å². The third kappa shape index (κ3) is 4.58. The maximum absolute atomic E-state index is 13.0. The van der Waals surface area contributed by atoms with Gasteiger partial charge in [0.05, 0.1) is 4.91 Å². The average molecular weight is 370 g/mol. The minimum atomic E-state index is -0.410. The predicted molar refractivity (Wildman–Crippen MR) is 99.0 cm³/mol. The second kappa shape index (κ2) is 7.97. The van der Waals surface area contributed by atoms with Gasteiger partial charge in [-0.05, 0) is 41.6 Å². The van der Waals surface area contributed by atoms with Crippen molar-refractivity contribution in [3.63, 3.8) is 0 Å². The highest BCUT2D eigenvalue weighted by atomic mass is 32.2. The molecule has 3 rings (SSSR count). The Bertz CT molecular complexity index is 907. The molecule has 5 nitrogen and oxygen atoms in total. The van der Waals surface area contributed by atoms with Gasteiger partial charge in [-0.2, -0.15) is 4.99 Å². The largest absolute Gasteiger partial charge is 0.488 e. The van der Waals surface area contributed by atoms with Gasteiger partial charge in [0.15, 0.2) is 5.17 Å². The molecule has 2 aromatic rings. The number of hydrogen-bond acceptors (Lipinski definition) is 4. The van der Waals surface area contributed by atoms with Crippen molar-refractivity contribution in [2.45, 2.75) is 13.5 Å². The highest BCUT2D eigenvalue weighted by Crippen LogP contribution is 2.30. The Morgan fingerprint density at radius 3 is 2.69 bits per heavy atom. The van der Waals surface area contributed by atoms with Crippen molar-refractivity contribution in [2.24, 2.45) is 4.99 Å². The molecule has 1 aliphatic rings. The van der Waals surface area contributed by atoms with Gasteiger partial charge in [-0.3, -0.25) is 9.59 Å². The number of benzene rings is 2. The molecule has 0 atom stereocenters. The number of aliphatic imine (C=N–C) groups is 1. The van der Waals surface area contributed by atoms with E-state index < -0.39 is 5.91 Å². The van der Waals surface area contributed by atoms with Crippen molar-refractivity contribution in [3.8, 4) is 5.75 Å². The fraction of sp³-hybridized carbons (Fsp3) is 0.105. The first kappa shape index (κ1) is 17.9. The summed E-state index contributed by atoms with van der Waals surface area (Å²) in [5.41, 5.74) is 1.54. The van der Waals surface area contributed by atoms with Crippen molar-refractivity contribution in [1.82, 2.24) is 5.32 Å². The summed E-state index contributed by atoms with van der Waals surface area (Å²) in [4.78, 5) is 27.3. The molecule has 0 spiro atoms. The normalized spacial score (nSPS) is 15.1. The molecule has 0 saturated heterocycles. The number of hydrogen-bond donors (Lipinski definition) is 1. The quantitative estimate of drug-likeness (QED) is 0.837. The summed E-state index contributed by atoms with van der Waals surface area (Å²) in [5, 5.41) is 2.77. The zero-order valence-electron chi connectivity index (χ0n) is 13.9. The van der Waals surface area contributed by atoms with E-state index in [1.165, 1.54) is 19.1 Å². The number of nitrogens with zero attached hydrogens (tertiary/aromatic N) is 1. The fourth-order valence-corrected chi connectivity index (χ4v) is 3.08. The molecule has 0 aromatic heterocycles. The molecule has 0 unspecified atom stereocenters. The molecule has 7 heteroatoms. The van der Waals surface area contributed by atoms with Crippen LogP contribution >= 0.6 is 11.8 Å². The molecule has 1 heterocycles.